The lowest BCUT2D eigenvalue weighted by Gasteiger charge is -2.55. The lowest BCUT2D eigenvalue weighted by molar-refractivity contribution is -0.149. The number of imide groups is 1. The number of anilines is 3. The van der Waals surface area contributed by atoms with Gasteiger partial charge in [-0.3, -0.25) is 25.0 Å². The Kier molecular flexibility index (Phi) is 9.87. The molecule has 4 aliphatic rings. The van der Waals surface area contributed by atoms with Crippen molar-refractivity contribution in [3.05, 3.63) is 88.5 Å². The van der Waals surface area contributed by atoms with Gasteiger partial charge in [-0.25, -0.2) is 4.79 Å². The number of benzene rings is 3. The number of nitrogens with one attached hydrogen (secondary N) is 3. The second-order valence-electron chi connectivity index (χ2n) is 16.6. The number of fused-ring (bicyclic) bond motifs is 6. The zero-order chi connectivity index (χ0) is 37.5. The van der Waals surface area contributed by atoms with Crippen LogP contribution in [-0.4, -0.2) is 30.4 Å². The number of nitrogen functional groups attached to an aromatic ring is 1. The lowest BCUT2D eigenvalue weighted by Crippen LogP contribution is -2.58. The molecule has 0 saturated heterocycles. The molecule has 4 aliphatic carbocycles. The fraction of sp³-hybridized carbons (Fsp3) is 0.488. The summed E-state index contributed by atoms with van der Waals surface area (Å²) in [7, 11) is 0. The quantitative estimate of drug-likeness (QED) is 0.128. The van der Waals surface area contributed by atoms with Gasteiger partial charge in [-0.15, -0.1) is 0 Å². The van der Waals surface area contributed by atoms with Crippen LogP contribution < -0.4 is 27.4 Å². The number of carbonyl (C=O) groups is 4. The first-order valence-corrected chi connectivity index (χ1v) is 19.2. The largest absolute Gasteiger partial charge is 0.444 e. The zero-order valence-electron chi connectivity index (χ0n) is 31.2. The van der Waals surface area contributed by atoms with Crippen LogP contribution >= 0.6 is 0 Å². The molecule has 0 radical (unpaired) electrons. The molecule has 5 unspecified atom stereocenters. The molecule has 2 fully saturated rings. The molecule has 3 aromatic rings. The molecule has 7 rings (SSSR count). The fourth-order valence-corrected chi connectivity index (χ4v) is 10.6. The summed E-state index contributed by atoms with van der Waals surface area (Å²) in [5.74, 6) is -0.287. The molecule has 10 nitrogen and oxygen atoms in total. The SMILES string of the molecule is CC1(C(=O)NC(=O)[C@@]2(C)CCCC3(C)c4cc(NC(=O)OCc5ccc(N)cc5)ccc4CCC32)CCCC2c3cc(NC(=O)CN)ccc3CCC21. The predicted molar refractivity (Wildman–Crippen MR) is 206 cm³/mol. The number of rotatable bonds is 7. The lowest BCUT2D eigenvalue weighted by atomic mass is 9.49. The Morgan fingerprint density at radius 2 is 1.45 bits per heavy atom. The molecule has 0 aromatic heterocycles. The average Bonchev–Trinajstić information content (AvgIpc) is 3.14. The first kappa shape index (κ1) is 36.6. The molecule has 2 saturated carbocycles. The fourth-order valence-electron chi connectivity index (χ4n) is 10.6. The Morgan fingerprint density at radius 1 is 0.774 bits per heavy atom. The number of nitrogens with two attached hydrogens (primary N) is 2. The van der Waals surface area contributed by atoms with Crippen molar-refractivity contribution < 1.29 is 23.9 Å². The molecule has 10 heteroatoms. The van der Waals surface area contributed by atoms with Crippen LogP contribution in [0.2, 0.25) is 0 Å². The molecule has 4 amide bonds. The summed E-state index contributed by atoms with van der Waals surface area (Å²) in [5.41, 5.74) is 17.3. The monoisotopic (exact) mass is 719 g/mol. The molecule has 3 aromatic carbocycles. The van der Waals surface area contributed by atoms with Crippen LogP contribution in [0.1, 0.15) is 106 Å². The van der Waals surface area contributed by atoms with Gasteiger partial charge in [0.25, 0.3) is 0 Å². The highest BCUT2D eigenvalue weighted by Gasteiger charge is 2.56. The average molecular weight is 720 g/mol. The van der Waals surface area contributed by atoms with Crippen LogP contribution in [0.15, 0.2) is 60.7 Å². The minimum absolute atomic E-state index is 0.0207. The maximum absolute atomic E-state index is 14.5. The zero-order valence-corrected chi connectivity index (χ0v) is 31.2. The van der Waals surface area contributed by atoms with E-state index >= 15 is 0 Å². The third kappa shape index (κ3) is 6.82. The summed E-state index contributed by atoms with van der Waals surface area (Å²) in [6, 6.07) is 19.3. The summed E-state index contributed by atoms with van der Waals surface area (Å²) >= 11 is 0. The van der Waals surface area contributed by atoms with Crippen molar-refractivity contribution in [2.24, 2.45) is 28.4 Å². The van der Waals surface area contributed by atoms with Crippen molar-refractivity contribution in [2.75, 3.05) is 22.9 Å². The molecule has 0 spiro atoms. The molecule has 0 bridgehead atoms. The van der Waals surface area contributed by atoms with E-state index in [1.165, 1.54) is 16.7 Å². The maximum atomic E-state index is 14.5. The molecule has 280 valence electrons. The van der Waals surface area contributed by atoms with Crippen molar-refractivity contribution in [1.29, 1.82) is 0 Å². The van der Waals surface area contributed by atoms with E-state index in [1.54, 1.807) is 12.1 Å². The van der Waals surface area contributed by atoms with Crippen LogP contribution in [-0.2, 0) is 44.0 Å². The topological polar surface area (TPSA) is 166 Å². The Morgan fingerprint density at radius 3 is 2.21 bits per heavy atom. The summed E-state index contributed by atoms with van der Waals surface area (Å²) in [5, 5.41) is 8.81. The smallest absolute Gasteiger partial charge is 0.411 e. The number of ether oxygens (including phenoxy) is 1. The van der Waals surface area contributed by atoms with Gasteiger partial charge < -0.3 is 21.5 Å². The molecule has 53 heavy (non-hydrogen) atoms. The normalized spacial score (nSPS) is 28.6. The first-order valence-electron chi connectivity index (χ1n) is 19.2. The van der Waals surface area contributed by atoms with Gasteiger partial charge in [0.15, 0.2) is 0 Å². The van der Waals surface area contributed by atoms with Gasteiger partial charge in [0.05, 0.1) is 17.4 Å². The van der Waals surface area contributed by atoms with E-state index in [-0.39, 0.29) is 54.0 Å². The number of carbonyl (C=O) groups excluding carboxylic acids is 4. The number of aryl methyl sites for hydroxylation is 2. The van der Waals surface area contributed by atoms with E-state index < -0.39 is 16.9 Å². The predicted octanol–water partition coefficient (Wildman–Crippen LogP) is 7.10. The molecular weight excluding hydrogens is 667 g/mol. The van der Waals surface area contributed by atoms with Gasteiger partial charge in [0.1, 0.15) is 6.61 Å². The minimum Gasteiger partial charge on any atom is -0.444 e. The maximum Gasteiger partial charge on any atom is 0.411 e. The van der Waals surface area contributed by atoms with E-state index in [1.807, 2.05) is 24.3 Å². The van der Waals surface area contributed by atoms with Gasteiger partial charge in [0.2, 0.25) is 17.7 Å². The highest BCUT2D eigenvalue weighted by molar-refractivity contribution is 6.01. The van der Waals surface area contributed by atoms with Crippen LogP contribution in [0.4, 0.5) is 21.9 Å². The first-order chi connectivity index (χ1) is 25.3. The summed E-state index contributed by atoms with van der Waals surface area (Å²) in [4.78, 5) is 53.8. The van der Waals surface area contributed by atoms with Crippen molar-refractivity contribution >= 4 is 40.9 Å². The van der Waals surface area contributed by atoms with E-state index in [4.69, 9.17) is 16.2 Å². The van der Waals surface area contributed by atoms with Crippen LogP contribution in [0.3, 0.4) is 0 Å². The number of hydrogen-bond donors (Lipinski definition) is 5. The molecule has 7 N–H and O–H groups in total. The van der Waals surface area contributed by atoms with Crippen molar-refractivity contribution in [1.82, 2.24) is 5.32 Å². The van der Waals surface area contributed by atoms with Gasteiger partial charge in [0, 0.05) is 17.1 Å². The Balaban J connectivity index is 1.06. The Bertz CT molecular complexity index is 1930. The van der Waals surface area contributed by atoms with Gasteiger partial charge in [-0.05, 0) is 139 Å². The van der Waals surface area contributed by atoms with E-state index in [0.717, 1.165) is 74.6 Å². The second-order valence-corrected chi connectivity index (χ2v) is 16.6. The molecule has 0 heterocycles. The third-order valence-electron chi connectivity index (χ3n) is 13.5. The summed E-state index contributed by atoms with van der Waals surface area (Å²) < 4.78 is 5.49. The molecular formula is C43H53N5O5. The van der Waals surface area contributed by atoms with Crippen molar-refractivity contribution in [2.45, 2.75) is 103 Å². The van der Waals surface area contributed by atoms with Gasteiger partial charge in [-0.1, -0.05) is 57.9 Å². The van der Waals surface area contributed by atoms with E-state index in [2.05, 4.69) is 61.0 Å². The highest BCUT2D eigenvalue weighted by Crippen LogP contribution is 2.58. The van der Waals surface area contributed by atoms with E-state index in [9.17, 15) is 19.2 Å². The standard InChI is InChI=1S/C43H53N5O5/c1-41-20-5-21-43(3,36(41)18-12-28-10-16-31(23-35(28)41)47-40(52)53-25-26-7-13-29(45)14-8-26)39(51)48-38(50)42(2)19-4-6-32-33-22-30(46-37(49)24-44)15-9-27(33)11-17-34(32)42/h7-10,13-16,22-23,32,34,36H,4-6,11-12,17-21,24-25,44-45H2,1-3H3,(H,46,49)(H,47,52)(H,48,50,51)/t32?,34?,36?,41?,42?,43-/m0/s1. The Hall–Kier alpha value is -4.70. The molecule has 6 atom stereocenters. The Labute approximate surface area is 312 Å². The minimum atomic E-state index is -0.735. The number of hydrogen-bond acceptors (Lipinski definition) is 7. The van der Waals surface area contributed by atoms with Crippen LogP contribution in [0.5, 0.6) is 0 Å². The van der Waals surface area contributed by atoms with E-state index in [0.29, 0.717) is 17.8 Å². The van der Waals surface area contributed by atoms with Crippen molar-refractivity contribution in [3.8, 4) is 0 Å². The van der Waals surface area contributed by atoms with Gasteiger partial charge in [-0.2, -0.15) is 0 Å². The number of amides is 4. The molecule has 0 aliphatic heterocycles. The highest BCUT2D eigenvalue weighted by atomic mass is 16.5. The summed E-state index contributed by atoms with van der Waals surface area (Å²) in [6.45, 7) is 6.41. The third-order valence-corrected chi connectivity index (χ3v) is 13.5. The summed E-state index contributed by atoms with van der Waals surface area (Å²) in [6.07, 6.45) is 7.94. The van der Waals surface area contributed by atoms with Crippen LogP contribution in [0, 0.1) is 22.7 Å². The van der Waals surface area contributed by atoms with Crippen LogP contribution in [0.25, 0.3) is 0 Å². The van der Waals surface area contributed by atoms with Gasteiger partial charge >= 0.3 is 6.09 Å². The van der Waals surface area contributed by atoms with Crippen molar-refractivity contribution in [3.63, 3.8) is 0 Å². The second kappa shape index (κ2) is 14.3.